The molecule has 0 aliphatic heterocycles. The summed E-state index contributed by atoms with van der Waals surface area (Å²) in [4.78, 5) is 0. The Morgan fingerprint density at radius 1 is 0.778 bits per heavy atom. The van der Waals surface area contributed by atoms with Crippen molar-refractivity contribution in [3.8, 4) is 0 Å². The average Bonchev–Trinajstić information content (AvgIpc) is 2.14. The number of halogens is 9. The number of rotatable bonds is 5. The van der Waals surface area contributed by atoms with Crippen LogP contribution in [0.2, 0.25) is 0 Å². The third-order valence-corrected chi connectivity index (χ3v) is 1.92. The number of hydrogen-bond donors (Lipinski definition) is 0. The molecule has 0 rings (SSSR count). The van der Waals surface area contributed by atoms with Crippen LogP contribution in [0.3, 0.4) is 0 Å². The van der Waals surface area contributed by atoms with Crippen LogP contribution < -0.4 is 0 Å². The van der Waals surface area contributed by atoms with Crippen LogP contribution >= 0.6 is 0 Å². The van der Waals surface area contributed by atoms with Gasteiger partial charge >= 0.3 is 24.1 Å². The lowest BCUT2D eigenvalue weighted by Crippen LogP contribution is -2.63. The first-order valence-corrected chi connectivity index (χ1v) is 4.65. The zero-order valence-electron chi connectivity index (χ0n) is 8.93. The van der Waals surface area contributed by atoms with Crippen LogP contribution in [0.5, 0.6) is 0 Å². The maximum Gasteiger partial charge on any atom is 0.459 e. The Kier molecular flexibility index (Phi) is 4.95. The zero-order valence-corrected chi connectivity index (χ0v) is 8.93. The van der Waals surface area contributed by atoms with Crippen molar-refractivity contribution in [2.45, 2.75) is 43.9 Å². The van der Waals surface area contributed by atoms with Crippen LogP contribution in [0.1, 0.15) is 19.8 Å². The Labute approximate surface area is 95.9 Å². The van der Waals surface area contributed by atoms with Crippen LogP contribution in [-0.4, -0.2) is 30.7 Å². The maximum absolute atomic E-state index is 13.1. The molecule has 0 saturated heterocycles. The van der Waals surface area contributed by atoms with E-state index in [1.165, 1.54) is 6.92 Å². The van der Waals surface area contributed by atoms with Crippen molar-refractivity contribution in [2.24, 2.45) is 0 Å². The van der Waals surface area contributed by atoms with Crippen LogP contribution in [0, 0.1) is 0 Å². The van der Waals surface area contributed by atoms with Crippen molar-refractivity contribution >= 4 is 0 Å². The SMILES string of the molecule is CCCCOC(F)(C(F)(F)F)C(F)(F)C(F)(F)F. The van der Waals surface area contributed by atoms with E-state index in [-0.39, 0.29) is 12.8 Å². The average molecular weight is 292 g/mol. The third-order valence-electron chi connectivity index (χ3n) is 1.92. The number of hydrogen-bond acceptors (Lipinski definition) is 1. The molecule has 1 unspecified atom stereocenters. The highest BCUT2D eigenvalue weighted by atomic mass is 19.4. The first kappa shape index (κ1) is 17.3. The Morgan fingerprint density at radius 3 is 1.50 bits per heavy atom. The number of alkyl halides is 9. The second kappa shape index (κ2) is 5.14. The molecule has 0 aromatic rings. The minimum absolute atomic E-state index is 0.130. The summed E-state index contributed by atoms with van der Waals surface area (Å²) in [6, 6.07) is 0. The molecule has 0 aromatic carbocycles. The highest BCUT2D eigenvalue weighted by molar-refractivity contribution is 4.97. The molecule has 0 radical (unpaired) electrons. The Morgan fingerprint density at radius 2 is 1.22 bits per heavy atom. The molecule has 1 nitrogen and oxygen atoms in total. The number of ether oxygens (including phenoxy) is 1. The largest absolute Gasteiger partial charge is 0.459 e. The molecular weight excluding hydrogens is 283 g/mol. The predicted molar refractivity (Wildman–Crippen MR) is 41.8 cm³/mol. The lowest BCUT2D eigenvalue weighted by molar-refractivity contribution is -0.451. The monoisotopic (exact) mass is 292 g/mol. The molecular formula is C8H9F9O. The lowest BCUT2D eigenvalue weighted by Gasteiger charge is -2.35. The molecule has 0 fully saturated rings. The first-order chi connectivity index (χ1) is 7.81. The summed E-state index contributed by atoms with van der Waals surface area (Å²) in [5.41, 5.74) is 0. The standard InChI is InChI=1S/C8H9F9O/c1-2-3-4-18-6(11,8(15,16)17)5(9,10)7(12,13)14/h2-4H2,1H3. The van der Waals surface area contributed by atoms with Gasteiger partial charge in [0.05, 0.1) is 6.61 Å². The van der Waals surface area contributed by atoms with Gasteiger partial charge in [0.1, 0.15) is 0 Å². The highest BCUT2D eigenvalue weighted by Crippen LogP contribution is 2.53. The van der Waals surface area contributed by atoms with Crippen molar-refractivity contribution in [3.63, 3.8) is 0 Å². The van der Waals surface area contributed by atoms with Gasteiger partial charge in [0.25, 0.3) is 0 Å². The Bertz CT molecular complexity index is 269. The second-order valence-electron chi connectivity index (χ2n) is 3.37. The van der Waals surface area contributed by atoms with E-state index in [1.54, 1.807) is 0 Å². The van der Waals surface area contributed by atoms with Gasteiger partial charge < -0.3 is 4.74 Å². The molecule has 0 heterocycles. The summed E-state index contributed by atoms with van der Waals surface area (Å²) >= 11 is 0. The van der Waals surface area contributed by atoms with Gasteiger partial charge in [-0.15, -0.1) is 0 Å². The van der Waals surface area contributed by atoms with E-state index in [4.69, 9.17) is 0 Å². The minimum Gasteiger partial charge on any atom is -0.334 e. The van der Waals surface area contributed by atoms with Crippen molar-refractivity contribution in [1.82, 2.24) is 0 Å². The van der Waals surface area contributed by atoms with Gasteiger partial charge in [0.2, 0.25) is 0 Å². The van der Waals surface area contributed by atoms with Gasteiger partial charge in [-0.1, -0.05) is 13.3 Å². The van der Waals surface area contributed by atoms with E-state index < -0.39 is 30.7 Å². The smallest absolute Gasteiger partial charge is 0.334 e. The van der Waals surface area contributed by atoms with Crippen LogP contribution in [0.25, 0.3) is 0 Å². The van der Waals surface area contributed by atoms with Crippen LogP contribution in [-0.2, 0) is 4.74 Å². The normalized spacial score (nSPS) is 17.7. The molecule has 0 bridgehead atoms. The molecule has 0 N–H and O–H groups in total. The second-order valence-corrected chi connectivity index (χ2v) is 3.37. The molecule has 0 aliphatic carbocycles. The van der Waals surface area contributed by atoms with Gasteiger partial charge in [-0.05, 0) is 6.42 Å². The van der Waals surface area contributed by atoms with Crippen molar-refractivity contribution in [2.75, 3.05) is 6.61 Å². The van der Waals surface area contributed by atoms with Gasteiger partial charge in [0.15, 0.2) is 0 Å². The molecule has 0 spiro atoms. The summed E-state index contributed by atoms with van der Waals surface area (Å²) in [6.07, 6.45) is -13.4. The zero-order chi connectivity index (χ0) is 14.8. The molecule has 110 valence electrons. The van der Waals surface area contributed by atoms with Crippen molar-refractivity contribution in [1.29, 1.82) is 0 Å². The molecule has 0 aromatic heterocycles. The van der Waals surface area contributed by atoms with Gasteiger partial charge in [-0.3, -0.25) is 0 Å². The van der Waals surface area contributed by atoms with Gasteiger partial charge in [-0.25, -0.2) is 0 Å². The van der Waals surface area contributed by atoms with E-state index in [0.29, 0.717) is 0 Å². The number of unbranched alkanes of at least 4 members (excludes halogenated alkanes) is 1. The van der Waals surface area contributed by atoms with Crippen LogP contribution in [0.4, 0.5) is 39.5 Å². The van der Waals surface area contributed by atoms with Crippen molar-refractivity contribution in [3.05, 3.63) is 0 Å². The van der Waals surface area contributed by atoms with Crippen molar-refractivity contribution < 1.29 is 44.3 Å². The van der Waals surface area contributed by atoms with E-state index in [1.807, 2.05) is 0 Å². The predicted octanol–water partition coefficient (Wildman–Crippen LogP) is 4.23. The van der Waals surface area contributed by atoms with Gasteiger partial charge in [-0.2, -0.15) is 39.5 Å². The third kappa shape index (κ3) is 3.01. The maximum atomic E-state index is 13.1. The van der Waals surface area contributed by atoms with E-state index in [2.05, 4.69) is 4.74 Å². The summed E-state index contributed by atoms with van der Waals surface area (Å²) in [7, 11) is 0. The minimum atomic E-state index is -6.72. The first-order valence-electron chi connectivity index (χ1n) is 4.65. The summed E-state index contributed by atoms with van der Waals surface area (Å²) in [5, 5.41) is 0. The molecule has 1 atom stereocenters. The summed E-state index contributed by atoms with van der Waals surface area (Å²) in [6.45, 7) is 0.191. The molecule has 0 aliphatic rings. The molecule has 18 heavy (non-hydrogen) atoms. The highest BCUT2D eigenvalue weighted by Gasteiger charge is 2.82. The Hall–Kier alpha value is -0.670. The van der Waals surface area contributed by atoms with E-state index in [0.717, 1.165) is 0 Å². The van der Waals surface area contributed by atoms with E-state index in [9.17, 15) is 39.5 Å². The fourth-order valence-electron chi connectivity index (χ4n) is 0.890. The molecule has 0 saturated carbocycles. The summed E-state index contributed by atoms with van der Waals surface area (Å²) < 4.78 is 113. The van der Waals surface area contributed by atoms with Crippen LogP contribution in [0.15, 0.2) is 0 Å². The molecule has 10 heteroatoms. The quantitative estimate of drug-likeness (QED) is 0.544. The molecule has 0 amide bonds. The Balaban J connectivity index is 5.36. The topological polar surface area (TPSA) is 9.23 Å². The fourth-order valence-corrected chi connectivity index (χ4v) is 0.890. The summed E-state index contributed by atoms with van der Waals surface area (Å²) in [5.74, 6) is -12.8. The fraction of sp³-hybridized carbons (Fsp3) is 1.00. The van der Waals surface area contributed by atoms with E-state index >= 15 is 0 Å². The van der Waals surface area contributed by atoms with Gasteiger partial charge in [0, 0.05) is 0 Å². The lowest BCUT2D eigenvalue weighted by atomic mass is 10.1.